The minimum absolute atomic E-state index is 0.0533. The fourth-order valence-corrected chi connectivity index (χ4v) is 1.81. The smallest absolute Gasteiger partial charge is 0.246 e. The molecule has 0 fully saturated rings. The van der Waals surface area contributed by atoms with Gasteiger partial charge in [0.1, 0.15) is 0 Å². The second-order valence-electron chi connectivity index (χ2n) is 3.70. The SMILES string of the molecule is C=CC(=O)N1Cc2cnn([C@H](C)N)c2C1. The number of nitrogens with zero attached hydrogens (tertiary/aromatic N) is 3. The van der Waals surface area contributed by atoms with Crippen LogP contribution in [0.25, 0.3) is 0 Å². The lowest BCUT2D eigenvalue weighted by molar-refractivity contribution is -0.126. The van der Waals surface area contributed by atoms with E-state index in [0.29, 0.717) is 13.1 Å². The van der Waals surface area contributed by atoms with Crippen molar-refractivity contribution in [2.45, 2.75) is 26.2 Å². The number of fused-ring (bicyclic) bond motifs is 1. The van der Waals surface area contributed by atoms with Crippen LogP contribution in [0.4, 0.5) is 0 Å². The van der Waals surface area contributed by atoms with E-state index in [0.717, 1.165) is 11.3 Å². The van der Waals surface area contributed by atoms with E-state index in [1.54, 1.807) is 15.8 Å². The van der Waals surface area contributed by atoms with Gasteiger partial charge in [-0.25, -0.2) is 0 Å². The Hall–Kier alpha value is -1.62. The first kappa shape index (κ1) is 9.92. The summed E-state index contributed by atoms with van der Waals surface area (Å²) in [4.78, 5) is 13.1. The highest BCUT2D eigenvalue weighted by molar-refractivity contribution is 5.87. The minimum Gasteiger partial charge on any atom is -0.329 e. The molecule has 0 aromatic carbocycles. The van der Waals surface area contributed by atoms with Gasteiger partial charge in [0.2, 0.25) is 5.91 Å². The maximum Gasteiger partial charge on any atom is 0.246 e. The summed E-state index contributed by atoms with van der Waals surface area (Å²) in [5.74, 6) is -0.0533. The molecule has 2 N–H and O–H groups in total. The van der Waals surface area contributed by atoms with Gasteiger partial charge in [0.25, 0.3) is 0 Å². The molecule has 0 radical (unpaired) electrons. The maximum atomic E-state index is 11.4. The second-order valence-corrected chi connectivity index (χ2v) is 3.70. The molecule has 0 saturated carbocycles. The van der Waals surface area contributed by atoms with Crippen LogP contribution < -0.4 is 5.73 Å². The molecule has 1 aromatic heterocycles. The van der Waals surface area contributed by atoms with Crippen molar-refractivity contribution >= 4 is 5.91 Å². The van der Waals surface area contributed by atoms with Crippen molar-refractivity contribution in [1.82, 2.24) is 14.7 Å². The van der Waals surface area contributed by atoms with E-state index in [9.17, 15) is 4.79 Å². The van der Waals surface area contributed by atoms with Crippen molar-refractivity contribution in [2.75, 3.05) is 0 Å². The van der Waals surface area contributed by atoms with Crippen LogP contribution in [0.2, 0.25) is 0 Å². The van der Waals surface area contributed by atoms with E-state index in [4.69, 9.17) is 5.73 Å². The summed E-state index contributed by atoms with van der Waals surface area (Å²) in [5, 5.41) is 4.18. The highest BCUT2D eigenvalue weighted by Crippen LogP contribution is 2.23. The van der Waals surface area contributed by atoms with E-state index < -0.39 is 0 Å². The van der Waals surface area contributed by atoms with Crippen LogP contribution in [0.3, 0.4) is 0 Å². The lowest BCUT2D eigenvalue weighted by atomic mass is 10.3. The Kier molecular flexibility index (Phi) is 2.32. The van der Waals surface area contributed by atoms with E-state index in [2.05, 4.69) is 11.7 Å². The van der Waals surface area contributed by atoms with Crippen LogP contribution in [0.1, 0.15) is 24.3 Å². The molecule has 1 amide bonds. The lowest BCUT2D eigenvalue weighted by Crippen LogP contribution is -2.25. The van der Waals surface area contributed by atoms with E-state index >= 15 is 0 Å². The Morgan fingerprint density at radius 1 is 1.73 bits per heavy atom. The molecule has 0 spiro atoms. The zero-order valence-electron chi connectivity index (χ0n) is 8.68. The lowest BCUT2D eigenvalue weighted by Gasteiger charge is -2.14. The van der Waals surface area contributed by atoms with Crippen molar-refractivity contribution in [1.29, 1.82) is 0 Å². The van der Waals surface area contributed by atoms with Crippen molar-refractivity contribution < 1.29 is 4.79 Å². The number of aromatic nitrogens is 2. The van der Waals surface area contributed by atoms with Gasteiger partial charge in [-0.05, 0) is 13.0 Å². The molecule has 1 atom stereocenters. The minimum atomic E-state index is -0.160. The van der Waals surface area contributed by atoms with Crippen LogP contribution in [-0.2, 0) is 17.9 Å². The molecule has 1 aromatic rings. The molecule has 15 heavy (non-hydrogen) atoms. The summed E-state index contributed by atoms with van der Waals surface area (Å²) in [6, 6.07) is 0. The third-order valence-corrected chi connectivity index (χ3v) is 2.56. The summed E-state index contributed by atoms with van der Waals surface area (Å²) >= 11 is 0. The molecule has 1 aliphatic rings. The highest BCUT2D eigenvalue weighted by Gasteiger charge is 2.26. The number of hydrogen-bond donors (Lipinski definition) is 1. The van der Waals surface area contributed by atoms with Crippen molar-refractivity contribution in [3.05, 3.63) is 30.1 Å². The first-order valence-electron chi connectivity index (χ1n) is 4.85. The van der Waals surface area contributed by atoms with Gasteiger partial charge in [-0.2, -0.15) is 5.10 Å². The monoisotopic (exact) mass is 206 g/mol. The average Bonchev–Trinajstić information content (AvgIpc) is 2.73. The molecule has 0 saturated heterocycles. The summed E-state index contributed by atoms with van der Waals surface area (Å²) in [6.07, 6.45) is 2.94. The molecule has 5 heteroatoms. The highest BCUT2D eigenvalue weighted by atomic mass is 16.2. The molecular formula is C10H14N4O. The van der Waals surface area contributed by atoms with Gasteiger partial charge < -0.3 is 10.6 Å². The topological polar surface area (TPSA) is 64.2 Å². The summed E-state index contributed by atoms with van der Waals surface area (Å²) in [6.45, 7) is 6.51. The maximum absolute atomic E-state index is 11.4. The normalized spacial score (nSPS) is 16.3. The molecule has 1 aliphatic heterocycles. The van der Waals surface area contributed by atoms with Crippen LogP contribution in [0.5, 0.6) is 0 Å². The van der Waals surface area contributed by atoms with Gasteiger partial charge in [-0.15, -0.1) is 0 Å². The molecule has 0 unspecified atom stereocenters. The average molecular weight is 206 g/mol. The first-order chi connectivity index (χ1) is 7.13. The van der Waals surface area contributed by atoms with E-state index in [1.807, 2.05) is 6.92 Å². The number of rotatable bonds is 2. The van der Waals surface area contributed by atoms with Gasteiger partial charge in [0.15, 0.2) is 0 Å². The van der Waals surface area contributed by atoms with Crippen LogP contribution in [0, 0.1) is 0 Å². The zero-order chi connectivity index (χ0) is 11.0. The van der Waals surface area contributed by atoms with Gasteiger partial charge in [-0.3, -0.25) is 9.48 Å². The van der Waals surface area contributed by atoms with Crippen molar-refractivity contribution in [2.24, 2.45) is 5.73 Å². The molecule has 0 aliphatic carbocycles. The molecule has 80 valence electrons. The van der Waals surface area contributed by atoms with E-state index in [-0.39, 0.29) is 12.1 Å². The number of nitrogens with two attached hydrogens (primary N) is 1. The molecule has 5 nitrogen and oxygen atoms in total. The van der Waals surface area contributed by atoms with Gasteiger partial charge in [0, 0.05) is 12.1 Å². The number of hydrogen-bond acceptors (Lipinski definition) is 3. The second kappa shape index (κ2) is 3.51. The third-order valence-electron chi connectivity index (χ3n) is 2.56. The Labute approximate surface area is 88.2 Å². The standard InChI is InChI=1S/C10H14N4O/c1-3-10(15)13-5-8-4-12-14(7(2)11)9(8)6-13/h3-4,7H,1,5-6,11H2,2H3/t7-/m1/s1. The fraction of sp³-hybridized carbons (Fsp3) is 0.400. The summed E-state index contributed by atoms with van der Waals surface area (Å²) in [7, 11) is 0. The predicted molar refractivity (Wildman–Crippen MR) is 55.6 cm³/mol. The van der Waals surface area contributed by atoms with Crippen molar-refractivity contribution in [3.8, 4) is 0 Å². The summed E-state index contributed by atoms with van der Waals surface area (Å²) < 4.78 is 1.76. The quantitative estimate of drug-likeness (QED) is 0.712. The number of carbonyl (C=O) groups is 1. The molecule has 2 rings (SSSR count). The largest absolute Gasteiger partial charge is 0.329 e. The predicted octanol–water partition coefficient (Wildman–Crippen LogP) is 0.389. The van der Waals surface area contributed by atoms with Crippen LogP contribution >= 0.6 is 0 Å². The van der Waals surface area contributed by atoms with Gasteiger partial charge in [0.05, 0.1) is 24.6 Å². The van der Waals surface area contributed by atoms with E-state index in [1.165, 1.54) is 6.08 Å². The zero-order valence-corrected chi connectivity index (χ0v) is 8.68. The van der Waals surface area contributed by atoms with Gasteiger partial charge >= 0.3 is 0 Å². The molecular weight excluding hydrogens is 192 g/mol. The summed E-state index contributed by atoms with van der Waals surface area (Å²) in [5.41, 5.74) is 7.86. The Bertz CT molecular complexity index is 408. The molecule has 0 bridgehead atoms. The number of amides is 1. The third kappa shape index (κ3) is 1.55. The van der Waals surface area contributed by atoms with Gasteiger partial charge in [-0.1, -0.05) is 6.58 Å². The Morgan fingerprint density at radius 3 is 3.07 bits per heavy atom. The Morgan fingerprint density at radius 2 is 2.47 bits per heavy atom. The fourth-order valence-electron chi connectivity index (χ4n) is 1.81. The van der Waals surface area contributed by atoms with Crippen molar-refractivity contribution in [3.63, 3.8) is 0 Å². The Balaban J connectivity index is 2.24. The van der Waals surface area contributed by atoms with Crippen LogP contribution in [-0.4, -0.2) is 20.6 Å². The number of carbonyl (C=O) groups excluding carboxylic acids is 1. The first-order valence-corrected chi connectivity index (χ1v) is 4.85. The van der Waals surface area contributed by atoms with Crippen LogP contribution in [0.15, 0.2) is 18.9 Å². The molecule has 2 heterocycles.